The second kappa shape index (κ2) is 12.6. The monoisotopic (exact) mass is 434 g/mol. The number of halogens is 5. The van der Waals surface area contributed by atoms with E-state index in [0.717, 1.165) is 5.69 Å². The molecule has 11 heteroatoms. The molecule has 0 saturated carbocycles. The van der Waals surface area contributed by atoms with Gasteiger partial charge in [-0.15, -0.1) is 36.6 Å². The van der Waals surface area contributed by atoms with E-state index in [1.54, 1.807) is 12.3 Å². The van der Waals surface area contributed by atoms with Crippen LogP contribution in [0.25, 0.3) is 0 Å². The number of carbonyl (C=O) groups is 1. The Balaban J connectivity index is 0.00000312. The van der Waals surface area contributed by atoms with E-state index in [0.29, 0.717) is 31.9 Å². The van der Waals surface area contributed by atoms with Crippen molar-refractivity contribution in [2.24, 2.45) is 0 Å². The average molecular weight is 435 g/mol. The summed E-state index contributed by atoms with van der Waals surface area (Å²) in [6, 6.07) is 3.86. The average Bonchev–Trinajstić information content (AvgIpc) is 2.56. The van der Waals surface area contributed by atoms with Crippen molar-refractivity contribution in [3.05, 3.63) is 30.1 Å². The van der Waals surface area contributed by atoms with Gasteiger partial charge in [-0.3, -0.25) is 14.7 Å². The van der Waals surface area contributed by atoms with Crippen molar-refractivity contribution in [3.8, 4) is 0 Å². The summed E-state index contributed by atoms with van der Waals surface area (Å²) in [5, 5.41) is 5.43. The van der Waals surface area contributed by atoms with Crippen molar-refractivity contribution in [2.45, 2.75) is 18.0 Å². The van der Waals surface area contributed by atoms with Crippen LogP contribution in [0.4, 0.5) is 13.2 Å². The molecule has 1 aromatic rings. The largest absolute Gasteiger partial charge is 0.405 e. The van der Waals surface area contributed by atoms with Gasteiger partial charge in [0.2, 0.25) is 5.91 Å². The first-order chi connectivity index (χ1) is 11.5. The van der Waals surface area contributed by atoms with Gasteiger partial charge in [-0.1, -0.05) is 6.07 Å². The summed E-state index contributed by atoms with van der Waals surface area (Å²) in [4.78, 5) is 17.3. The highest BCUT2D eigenvalue weighted by molar-refractivity contribution is 7.99. The zero-order valence-corrected chi connectivity index (χ0v) is 16.4. The van der Waals surface area contributed by atoms with Gasteiger partial charge in [0.25, 0.3) is 0 Å². The number of nitrogens with one attached hydrogen (secondary N) is 2. The minimum atomic E-state index is -4.36. The highest BCUT2D eigenvalue weighted by Gasteiger charge is 2.43. The molecule has 1 saturated heterocycles. The molecule has 1 amide bonds. The summed E-state index contributed by atoms with van der Waals surface area (Å²) in [5.74, 6) is 0.276. The molecule has 150 valence electrons. The van der Waals surface area contributed by atoms with Crippen LogP contribution in [0.2, 0.25) is 0 Å². The van der Waals surface area contributed by atoms with E-state index in [1.165, 1.54) is 16.7 Å². The van der Waals surface area contributed by atoms with Gasteiger partial charge in [0, 0.05) is 44.7 Å². The lowest BCUT2D eigenvalue weighted by atomic mass is 10.2. The maximum Gasteiger partial charge on any atom is 0.405 e. The van der Waals surface area contributed by atoms with Gasteiger partial charge in [0.05, 0.1) is 11.4 Å². The molecule has 1 unspecified atom stereocenters. The summed E-state index contributed by atoms with van der Waals surface area (Å²) in [5.41, 5.74) is 0.837. The lowest BCUT2D eigenvalue weighted by Gasteiger charge is -2.35. The SMILES string of the molecule is Cl.Cl.O=C(CSCc1ccccn1)NCC(N1CCNCC1)C(F)(F)F. The minimum absolute atomic E-state index is 0. The highest BCUT2D eigenvalue weighted by atomic mass is 35.5. The molecule has 1 aromatic heterocycles. The minimum Gasteiger partial charge on any atom is -0.353 e. The van der Waals surface area contributed by atoms with E-state index in [9.17, 15) is 18.0 Å². The van der Waals surface area contributed by atoms with E-state index in [4.69, 9.17) is 0 Å². The number of aromatic nitrogens is 1. The third-order valence-electron chi connectivity index (χ3n) is 3.67. The predicted octanol–water partition coefficient (Wildman–Crippen LogP) is 2.11. The van der Waals surface area contributed by atoms with Crippen molar-refractivity contribution >= 4 is 42.5 Å². The quantitative estimate of drug-likeness (QED) is 0.688. The second-order valence-corrected chi connectivity index (χ2v) is 6.45. The molecule has 0 bridgehead atoms. The number of carbonyl (C=O) groups excluding carboxylic acids is 1. The van der Waals surface area contributed by atoms with Gasteiger partial charge in [-0.05, 0) is 12.1 Å². The summed E-state index contributed by atoms with van der Waals surface area (Å²) in [6.45, 7) is 1.30. The van der Waals surface area contributed by atoms with Crippen LogP contribution in [0.1, 0.15) is 5.69 Å². The number of hydrogen-bond donors (Lipinski definition) is 2. The molecule has 2 heterocycles. The number of rotatable bonds is 7. The van der Waals surface area contributed by atoms with Crippen molar-refractivity contribution < 1.29 is 18.0 Å². The van der Waals surface area contributed by atoms with Crippen LogP contribution < -0.4 is 10.6 Å². The van der Waals surface area contributed by atoms with Gasteiger partial charge >= 0.3 is 6.18 Å². The fourth-order valence-corrected chi connectivity index (χ4v) is 3.21. The number of nitrogens with zero attached hydrogens (tertiary/aromatic N) is 2. The first kappa shape index (κ1) is 25.3. The number of piperazine rings is 1. The Morgan fingerprint density at radius 1 is 1.31 bits per heavy atom. The third kappa shape index (κ3) is 8.77. The zero-order chi connectivity index (χ0) is 17.4. The molecule has 0 aliphatic carbocycles. The molecular weight excluding hydrogens is 412 g/mol. The smallest absolute Gasteiger partial charge is 0.353 e. The van der Waals surface area contributed by atoms with E-state index >= 15 is 0 Å². The van der Waals surface area contributed by atoms with E-state index in [-0.39, 0.29) is 36.5 Å². The molecule has 1 aliphatic rings. The molecule has 0 spiro atoms. The topological polar surface area (TPSA) is 57.3 Å². The van der Waals surface area contributed by atoms with Crippen LogP contribution in [-0.2, 0) is 10.5 Å². The van der Waals surface area contributed by atoms with Crippen molar-refractivity contribution in [1.29, 1.82) is 0 Å². The van der Waals surface area contributed by atoms with Gasteiger partial charge < -0.3 is 10.6 Å². The molecule has 5 nitrogen and oxygen atoms in total. The summed E-state index contributed by atoms with van der Waals surface area (Å²) < 4.78 is 39.6. The Hall–Kier alpha value is -0.740. The molecule has 26 heavy (non-hydrogen) atoms. The molecule has 1 atom stereocenters. The first-order valence-electron chi connectivity index (χ1n) is 7.72. The summed E-state index contributed by atoms with van der Waals surface area (Å²) in [6.07, 6.45) is -2.69. The van der Waals surface area contributed by atoms with E-state index in [2.05, 4.69) is 15.6 Å². The van der Waals surface area contributed by atoms with Crippen LogP contribution in [-0.4, -0.2) is 66.5 Å². The predicted molar refractivity (Wildman–Crippen MR) is 102 cm³/mol. The van der Waals surface area contributed by atoms with E-state index < -0.39 is 18.8 Å². The second-order valence-electron chi connectivity index (χ2n) is 5.46. The van der Waals surface area contributed by atoms with Crippen molar-refractivity contribution in [2.75, 3.05) is 38.5 Å². The number of pyridine rings is 1. The van der Waals surface area contributed by atoms with Gasteiger partial charge in [-0.2, -0.15) is 13.2 Å². The van der Waals surface area contributed by atoms with Crippen LogP contribution >= 0.6 is 36.6 Å². The molecule has 1 fully saturated rings. The molecule has 0 aromatic carbocycles. The first-order valence-corrected chi connectivity index (χ1v) is 8.88. The fraction of sp³-hybridized carbons (Fsp3) is 0.600. The lowest BCUT2D eigenvalue weighted by Crippen LogP contribution is -2.57. The van der Waals surface area contributed by atoms with E-state index in [1.807, 2.05) is 12.1 Å². The Morgan fingerprint density at radius 3 is 2.58 bits per heavy atom. The Morgan fingerprint density at radius 2 is 2.00 bits per heavy atom. The highest BCUT2D eigenvalue weighted by Crippen LogP contribution is 2.24. The number of alkyl halides is 3. The summed E-state index contributed by atoms with van der Waals surface area (Å²) in [7, 11) is 0. The number of amides is 1. The maximum absolute atomic E-state index is 13.2. The van der Waals surface area contributed by atoms with Crippen molar-refractivity contribution in [3.63, 3.8) is 0 Å². The van der Waals surface area contributed by atoms with Crippen molar-refractivity contribution in [1.82, 2.24) is 20.5 Å². The Bertz CT molecular complexity index is 519. The van der Waals surface area contributed by atoms with Crippen LogP contribution in [0.3, 0.4) is 0 Å². The lowest BCUT2D eigenvalue weighted by molar-refractivity contribution is -0.183. The van der Waals surface area contributed by atoms with Crippen LogP contribution in [0.15, 0.2) is 24.4 Å². The Labute approximate surface area is 167 Å². The maximum atomic E-state index is 13.2. The number of thioether (sulfide) groups is 1. The summed E-state index contributed by atoms with van der Waals surface area (Å²) >= 11 is 1.33. The van der Waals surface area contributed by atoms with Gasteiger partial charge in [-0.25, -0.2) is 0 Å². The standard InChI is InChI=1S/C15H21F3N4OS.2ClH/c16-15(17,18)13(22-7-5-19-6-8-22)9-21-14(23)11-24-10-12-3-1-2-4-20-12;;/h1-4,13,19H,5-11H2,(H,21,23);2*1H. The number of hydrogen-bond acceptors (Lipinski definition) is 5. The zero-order valence-electron chi connectivity index (χ0n) is 14.0. The Kier molecular flexibility index (Phi) is 12.3. The van der Waals surface area contributed by atoms with Gasteiger partial charge in [0.1, 0.15) is 6.04 Å². The molecule has 2 rings (SSSR count). The third-order valence-corrected chi connectivity index (χ3v) is 4.64. The molecule has 0 radical (unpaired) electrons. The van der Waals surface area contributed by atoms with Crippen LogP contribution in [0, 0.1) is 0 Å². The normalized spacial score (nSPS) is 16.1. The fourth-order valence-electron chi connectivity index (χ4n) is 2.44. The van der Waals surface area contributed by atoms with Gasteiger partial charge in [0.15, 0.2) is 0 Å². The van der Waals surface area contributed by atoms with Crippen LogP contribution in [0.5, 0.6) is 0 Å². The molecule has 1 aliphatic heterocycles. The molecule has 2 N–H and O–H groups in total. The molecular formula is C15H23Cl2F3N4OS.